The molecular formula is C31H40N2O6. The van der Waals surface area contributed by atoms with Crippen LogP contribution in [0.5, 0.6) is 0 Å². The zero-order valence-corrected chi connectivity index (χ0v) is 22.7. The molecule has 8 heteroatoms. The smallest absolute Gasteiger partial charge is 0.328 e. The van der Waals surface area contributed by atoms with E-state index in [1.807, 2.05) is 25.1 Å². The first-order valence-electron chi connectivity index (χ1n) is 13.7. The van der Waals surface area contributed by atoms with Crippen LogP contribution in [-0.2, 0) is 24.5 Å². The van der Waals surface area contributed by atoms with Crippen LogP contribution in [0.15, 0.2) is 72.8 Å². The predicted molar refractivity (Wildman–Crippen MR) is 149 cm³/mol. The Balaban J connectivity index is 0.000000459. The fourth-order valence-corrected chi connectivity index (χ4v) is 5.48. The van der Waals surface area contributed by atoms with Gasteiger partial charge in [-0.05, 0) is 69.9 Å². The minimum Gasteiger partial charge on any atom is -0.478 e. The molecule has 39 heavy (non-hydrogen) atoms. The quantitative estimate of drug-likeness (QED) is 0.356. The van der Waals surface area contributed by atoms with Crippen LogP contribution >= 0.6 is 0 Å². The van der Waals surface area contributed by atoms with Crippen molar-refractivity contribution in [3.05, 3.63) is 83.9 Å². The van der Waals surface area contributed by atoms with Crippen LogP contribution in [0.1, 0.15) is 56.2 Å². The summed E-state index contributed by atoms with van der Waals surface area (Å²) < 4.78 is 5.55. The molecule has 2 saturated heterocycles. The number of carbonyl (C=O) groups excluding carboxylic acids is 1. The number of carboxylic acids is 2. The van der Waals surface area contributed by atoms with Gasteiger partial charge in [0.1, 0.15) is 0 Å². The first-order valence-corrected chi connectivity index (χ1v) is 13.7. The Hall–Kier alpha value is -3.49. The molecular weight excluding hydrogens is 496 g/mol. The second-order valence-electron chi connectivity index (χ2n) is 10.0. The van der Waals surface area contributed by atoms with Crippen molar-refractivity contribution in [3.63, 3.8) is 0 Å². The standard InChI is InChI=1S/C27H36N2O2.C4H4O4/c1-2-31-26(30)27(24-14-8-4-9-15-24)16-20-28(21-17-27)22-25(23-12-6-3-7-13-23)29-18-10-5-11-19-29;5-3(6)1-2-4(7)8/h3-4,6-9,12-15,25H,2,5,10-11,16-22H2,1H3;1-2H,(H,5,6)(H,7,8)/b;2-1-. The lowest BCUT2D eigenvalue weighted by molar-refractivity contribution is -0.152. The molecule has 0 saturated carbocycles. The van der Waals surface area contributed by atoms with E-state index in [1.165, 1.54) is 37.9 Å². The van der Waals surface area contributed by atoms with Gasteiger partial charge in [-0.3, -0.25) is 9.69 Å². The minimum absolute atomic E-state index is 0.0588. The number of hydrogen-bond donors (Lipinski definition) is 2. The molecule has 2 aliphatic heterocycles. The molecule has 0 bridgehead atoms. The summed E-state index contributed by atoms with van der Waals surface area (Å²) >= 11 is 0. The number of ether oxygens (including phenoxy) is 1. The van der Waals surface area contributed by atoms with Crippen molar-refractivity contribution in [2.24, 2.45) is 0 Å². The Morgan fingerprint density at radius 2 is 1.38 bits per heavy atom. The molecule has 2 N–H and O–H groups in total. The molecule has 1 unspecified atom stereocenters. The fourth-order valence-electron chi connectivity index (χ4n) is 5.48. The Kier molecular flexibility index (Phi) is 11.7. The molecule has 1 atom stereocenters. The molecule has 0 aliphatic carbocycles. The van der Waals surface area contributed by atoms with Crippen LogP contribution in [0.25, 0.3) is 0 Å². The highest BCUT2D eigenvalue weighted by molar-refractivity contribution is 5.89. The molecule has 0 spiro atoms. The summed E-state index contributed by atoms with van der Waals surface area (Å²) in [7, 11) is 0. The molecule has 4 rings (SSSR count). The van der Waals surface area contributed by atoms with E-state index in [0.717, 1.165) is 38.0 Å². The zero-order valence-electron chi connectivity index (χ0n) is 22.7. The topological polar surface area (TPSA) is 107 Å². The van der Waals surface area contributed by atoms with Crippen molar-refractivity contribution in [3.8, 4) is 0 Å². The van der Waals surface area contributed by atoms with Crippen molar-refractivity contribution in [1.29, 1.82) is 0 Å². The molecule has 8 nitrogen and oxygen atoms in total. The SMILES string of the molecule is CCOC(=O)C1(c2ccccc2)CCN(CC(c2ccccc2)N2CCCCC2)CC1.O=C(O)/C=C\C(=O)O. The summed E-state index contributed by atoms with van der Waals surface area (Å²) in [5.74, 6) is -2.57. The number of esters is 1. The van der Waals surface area contributed by atoms with Crippen LogP contribution in [0.2, 0.25) is 0 Å². The lowest BCUT2D eigenvalue weighted by Gasteiger charge is -2.43. The Bertz CT molecular complexity index is 1060. The third-order valence-electron chi connectivity index (χ3n) is 7.52. The number of nitrogens with zero attached hydrogens (tertiary/aromatic N) is 2. The van der Waals surface area contributed by atoms with Gasteiger partial charge in [-0.15, -0.1) is 0 Å². The Morgan fingerprint density at radius 3 is 1.90 bits per heavy atom. The third kappa shape index (κ3) is 8.76. The lowest BCUT2D eigenvalue weighted by Crippen LogP contribution is -2.50. The van der Waals surface area contributed by atoms with Gasteiger partial charge in [-0.25, -0.2) is 9.59 Å². The Morgan fingerprint density at radius 1 is 0.846 bits per heavy atom. The maximum absolute atomic E-state index is 13.1. The second kappa shape index (κ2) is 15.2. The summed E-state index contributed by atoms with van der Waals surface area (Å²) in [5.41, 5.74) is 2.00. The largest absolute Gasteiger partial charge is 0.478 e. The maximum atomic E-state index is 13.1. The summed E-state index contributed by atoms with van der Waals surface area (Å²) in [6.45, 7) is 7.57. The molecule has 0 amide bonds. The van der Waals surface area contributed by atoms with Gasteiger partial charge in [0.05, 0.1) is 12.0 Å². The summed E-state index contributed by atoms with van der Waals surface area (Å²) in [4.78, 5) is 37.4. The van der Waals surface area contributed by atoms with Gasteiger partial charge >= 0.3 is 17.9 Å². The highest BCUT2D eigenvalue weighted by Crippen LogP contribution is 2.38. The van der Waals surface area contributed by atoms with Crippen LogP contribution in [-0.4, -0.2) is 77.3 Å². The minimum atomic E-state index is -1.26. The molecule has 2 heterocycles. The highest BCUT2D eigenvalue weighted by Gasteiger charge is 2.44. The number of likely N-dealkylation sites (tertiary alicyclic amines) is 2. The molecule has 0 aromatic heterocycles. The second-order valence-corrected chi connectivity index (χ2v) is 10.0. The fraction of sp³-hybridized carbons (Fsp3) is 0.452. The first kappa shape index (κ1) is 30.1. The van der Waals surface area contributed by atoms with Gasteiger partial charge in [0, 0.05) is 24.7 Å². The van der Waals surface area contributed by atoms with Gasteiger partial charge in [-0.1, -0.05) is 67.1 Å². The molecule has 210 valence electrons. The Labute approximate surface area is 230 Å². The average Bonchev–Trinajstić information content (AvgIpc) is 2.97. The van der Waals surface area contributed by atoms with Crippen molar-refractivity contribution >= 4 is 17.9 Å². The van der Waals surface area contributed by atoms with Gasteiger partial charge < -0.3 is 19.8 Å². The van der Waals surface area contributed by atoms with Crippen molar-refractivity contribution in [2.75, 3.05) is 39.3 Å². The molecule has 2 fully saturated rings. The van der Waals surface area contributed by atoms with Crippen LogP contribution in [0.4, 0.5) is 0 Å². The van der Waals surface area contributed by atoms with Gasteiger partial charge in [-0.2, -0.15) is 0 Å². The number of aliphatic carboxylic acids is 2. The highest BCUT2D eigenvalue weighted by atomic mass is 16.5. The molecule has 2 aromatic carbocycles. The predicted octanol–water partition coefficient (Wildman–Crippen LogP) is 4.52. The molecule has 2 aliphatic rings. The summed E-state index contributed by atoms with van der Waals surface area (Å²) in [6, 6.07) is 21.6. The van der Waals surface area contributed by atoms with Crippen molar-refractivity contribution in [2.45, 2.75) is 50.5 Å². The third-order valence-corrected chi connectivity index (χ3v) is 7.52. The summed E-state index contributed by atoms with van der Waals surface area (Å²) in [5, 5.41) is 15.6. The molecule has 2 aromatic rings. The van der Waals surface area contributed by atoms with E-state index >= 15 is 0 Å². The van der Waals surface area contributed by atoms with Gasteiger partial charge in [0.15, 0.2) is 0 Å². The zero-order chi connectivity index (χ0) is 28.1. The number of piperidine rings is 2. The van der Waals surface area contributed by atoms with E-state index in [2.05, 4.69) is 52.3 Å². The first-order chi connectivity index (χ1) is 18.9. The maximum Gasteiger partial charge on any atom is 0.328 e. The van der Waals surface area contributed by atoms with Gasteiger partial charge in [0.25, 0.3) is 0 Å². The average molecular weight is 537 g/mol. The number of carbonyl (C=O) groups is 3. The van der Waals surface area contributed by atoms with E-state index in [0.29, 0.717) is 24.8 Å². The lowest BCUT2D eigenvalue weighted by atomic mass is 9.72. The van der Waals surface area contributed by atoms with Crippen molar-refractivity contribution in [1.82, 2.24) is 9.80 Å². The van der Waals surface area contributed by atoms with E-state index in [-0.39, 0.29) is 5.97 Å². The number of carboxylic acid groups (broad SMARTS) is 2. The van der Waals surface area contributed by atoms with E-state index < -0.39 is 17.4 Å². The van der Waals surface area contributed by atoms with Crippen LogP contribution < -0.4 is 0 Å². The summed E-state index contributed by atoms with van der Waals surface area (Å²) in [6.07, 6.45) is 6.69. The van der Waals surface area contributed by atoms with E-state index in [4.69, 9.17) is 14.9 Å². The van der Waals surface area contributed by atoms with Crippen LogP contribution in [0.3, 0.4) is 0 Å². The molecule has 0 radical (unpaired) electrons. The monoisotopic (exact) mass is 536 g/mol. The number of rotatable bonds is 9. The number of hydrogen-bond acceptors (Lipinski definition) is 6. The van der Waals surface area contributed by atoms with Crippen molar-refractivity contribution < 1.29 is 29.3 Å². The van der Waals surface area contributed by atoms with E-state index in [9.17, 15) is 14.4 Å². The van der Waals surface area contributed by atoms with E-state index in [1.54, 1.807) is 0 Å². The van der Waals surface area contributed by atoms with Gasteiger partial charge in [0.2, 0.25) is 0 Å². The van der Waals surface area contributed by atoms with Crippen LogP contribution in [0, 0.1) is 0 Å². The normalized spacial score (nSPS) is 18.5. The number of benzene rings is 2.